The molecule has 29 heavy (non-hydrogen) atoms. The van der Waals surface area contributed by atoms with Crippen LogP contribution in [0.5, 0.6) is 0 Å². The molecule has 2 saturated carbocycles. The maximum absolute atomic E-state index is 11.8. The second-order valence-corrected chi connectivity index (χ2v) is 8.33. The highest BCUT2D eigenvalue weighted by Gasteiger charge is 2.65. The molecule has 3 atom stereocenters. The smallest absolute Gasteiger partial charge is 0.251 e. The van der Waals surface area contributed by atoms with Crippen LogP contribution in [0.3, 0.4) is 0 Å². The lowest BCUT2D eigenvalue weighted by Crippen LogP contribution is -2.69. The average molecular weight is 512 g/mol. The van der Waals surface area contributed by atoms with Crippen LogP contribution in [0, 0.1) is 11.3 Å². The van der Waals surface area contributed by atoms with Gasteiger partial charge in [0.15, 0.2) is 5.96 Å². The van der Waals surface area contributed by atoms with Crippen LogP contribution in [0.15, 0.2) is 29.3 Å². The van der Waals surface area contributed by atoms with Crippen molar-refractivity contribution < 1.29 is 9.53 Å². The van der Waals surface area contributed by atoms with Gasteiger partial charge in [-0.05, 0) is 43.4 Å². The molecule has 3 N–H and O–H groups in total. The molecule has 0 aromatic heterocycles. The molecule has 1 aromatic carbocycles. The van der Waals surface area contributed by atoms with Crippen molar-refractivity contribution >= 4 is 35.8 Å². The fraction of sp³-hybridized carbons (Fsp3) is 0.636. The normalized spacial score (nSPS) is 27.0. The summed E-state index contributed by atoms with van der Waals surface area (Å²) in [4.78, 5) is 16.3. The Morgan fingerprint density at radius 1 is 1.31 bits per heavy atom. The number of amides is 1. The van der Waals surface area contributed by atoms with E-state index in [2.05, 4.69) is 27.0 Å². The van der Waals surface area contributed by atoms with E-state index in [1.165, 1.54) is 25.7 Å². The number of nitrogens with zero attached hydrogens (tertiary/aromatic N) is 1. The van der Waals surface area contributed by atoms with Crippen molar-refractivity contribution in [1.82, 2.24) is 16.0 Å². The quantitative estimate of drug-likeness (QED) is 0.322. The minimum Gasteiger partial charge on any atom is -0.377 e. The number of rotatable bonds is 5. The Hall–Kier alpha value is -1.35. The number of ether oxygens (including phenoxy) is 1. The molecule has 1 aliphatic heterocycles. The van der Waals surface area contributed by atoms with Crippen LogP contribution in [0.2, 0.25) is 0 Å². The third kappa shape index (κ3) is 4.26. The van der Waals surface area contributed by atoms with Crippen molar-refractivity contribution in [3.05, 3.63) is 35.4 Å². The summed E-state index contributed by atoms with van der Waals surface area (Å²) in [5.41, 5.74) is 2.16. The molecule has 1 heterocycles. The first kappa shape index (κ1) is 22.3. The van der Waals surface area contributed by atoms with E-state index in [9.17, 15) is 4.79 Å². The Labute approximate surface area is 190 Å². The topological polar surface area (TPSA) is 74.8 Å². The molecule has 1 aromatic rings. The van der Waals surface area contributed by atoms with Gasteiger partial charge in [-0.25, -0.2) is 0 Å². The standard InChI is InChI=1S/C22H32N4O2.HI/c1-23-20(27)16-7-5-6-15(14-16)8-12-25-21(24-2)26-18-17-9-13-28-19(17)22(18)10-3-4-11-22;/h5-7,14,17-19H,3-4,8-13H2,1-2H3,(H,23,27)(H2,24,25,26);1H. The van der Waals surface area contributed by atoms with E-state index < -0.39 is 0 Å². The van der Waals surface area contributed by atoms with Gasteiger partial charge >= 0.3 is 0 Å². The number of hydrogen-bond acceptors (Lipinski definition) is 3. The fourth-order valence-corrected chi connectivity index (χ4v) is 5.58. The third-order valence-corrected chi connectivity index (χ3v) is 6.92. The van der Waals surface area contributed by atoms with Crippen molar-refractivity contribution in [2.75, 3.05) is 27.2 Å². The summed E-state index contributed by atoms with van der Waals surface area (Å²) >= 11 is 0. The van der Waals surface area contributed by atoms with E-state index in [4.69, 9.17) is 4.74 Å². The number of nitrogens with one attached hydrogen (secondary N) is 3. The van der Waals surface area contributed by atoms with Crippen LogP contribution in [0.1, 0.15) is 48.0 Å². The summed E-state index contributed by atoms with van der Waals surface area (Å²) in [6.45, 7) is 1.68. The molecule has 3 fully saturated rings. The minimum absolute atomic E-state index is 0. The summed E-state index contributed by atoms with van der Waals surface area (Å²) in [5, 5.41) is 9.87. The molecule has 1 saturated heterocycles. The first-order valence-corrected chi connectivity index (χ1v) is 10.6. The van der Waals surface area contributed by atoms with Crippen LogP contribution in [0.25, 0.3) is 0 Å². The molecule has 1 amide bonds. The molecule has 3 aliphatic rings. The number of guanidine groups is 1. The van der Waals surface area contributed by atoms with Crippen LogP contribution < -0.4 is 16.0 Å². The predicted octanol–water partition coefficient (Wildman–Crippen LogP) is 2.72. The number of carbonyl (C=O) groups excluding carboxylic acids is 1. The van der Waals surface area contributed by atoms with Crippen molar-refractivity contribution in [3.63, 3.8) is 0 Å². The molecule has 6 nitrogen and oxygen atoms in total. The molecule has 1 spiro atoms. The van der Waals surface area contributed by atoms with Gasteiger partial charge in [-0.2, -0.15) is 0 Å². The fourth-order valence-electron chi connectivity index (χ4n) is 5.58. The monoisotopic (exact) mass is 512 g/mol. The van der Waals surface area contributed by atoms with E-state index >= 15 is 0 Å². The third-order valence-electron chi connectivity index (χ3n) is 6.92. The molecule has 160 valence electrons. The van der Waals surface area contributed by atoms with Crippen LogP contribution in [-0.4, -0.2) is 51.3 Å². The summed E-state index contributed by atoms with van der Waals surface area (Å²) in [6, 6.07) is 8.27. The predicted molar refractivity (Wildman–Crippen MR) is 126 cm³/mol. The van der Waals surface area contributed by atoms with Crippen molar-refractivity contribution in [2.45, 2.75) is 50.7 Å². The maximum atomic E-state index is 11.8. The van der Waals surface area contributed by atoms with Gasteiger partial charge in [-0.3, -0.25) is 9.79 Å². The summed E-state index contributed by atoms with van der Waals surface area (Å²) in [7, 11) is 3.49. The molecule has 3 unspecified atom stereocenters. The highest BCUT2D eigenvalue weighted by atomic mass is 127. The Bertz CT molecular complexity index is 748. The number of carbonyl (C=O) groups is 1. The first-order chi connectivity index (χ1) is 13.7. The molecular weight excluding hydrogens is 479 g/mol. The molecule has 0 radical (unpaired) electrons. The minimum atomic E-state index is -0.0486. The van der Waals surface area contributed by atoms with E-state index in [1.54, 1.807) is 7.05 Å². The van der Waals surface area contributed by atoms with E-state index in [0.29, 0.717) is 29.0 Å². The van der Waals surface area contributed by atoms with Gasteiger partial charge in [-0.1, -0.05) is 25.0 Å². The maximum Gasteiger partial charge on any atom is 0.251 e. The highest BCUT2D eigenvalue weighted by molar-refractivity contribution is 14.0. The second-order valence-electron chi connectivity index (χ2n) is 8.33. The Morgan fingerprint density at radius 3 is 2.83 bits per heavy atom. The molecular formula is C22H33IN4O2. The largest absolute Gasteiger partial charge is 0.377 e. The van der Waals surface area contributed by atoms with Gasteiger partial charge in [0.1, 0.15) is 0 Å². The van der Waals surface area contributed by atoms with Crippen LogP contribution >= 0.6 is 24.0 Å². The Balaban J connectivity index is 0.00000240. The molecule has 4 rings (SSSR count). The van der Waals surface area contributed by atoms with Crippen LogP contribution in [0.4, 0.5) is 0 Å². The SMILES string of the molecule is CN=C(NCCc1cccc(C(=O)NC)c1)NC1C2CCOC2C12CCCC2.I. The number of hydrogen-bond donors (Lipinski definition) is 3. The first-order valence-electron chi connectivity index (χ1n) is 10.6. The summed E-state index contributed by atoms with van der Waals surface area (Å²) in [6.07, 6.45) is 7.64. The lowest BCUT2D eigenvalue weighted by atomic mass is 9.54. The van der Waals surface area contributed by atoms with Gasteiger partial charge < -0.3 is 20.7 Å². The van der Waals surface area contributed by atoms with E-state index in [0.717, 1.165) is 37.5 Å². The molecule has 2 aliphatic carbocycles. The van der Waals surface area contributed by atoms with Gasteiger partial charge in [-0.15, -0.1) is 24.0 Å². The lowest BCUT2D eigenvalue weighted by Gasteiger charge is -2.57. The van der Waals surface area contributed by atoms with Crippen LogP contribution in [-0.2, 0) is 11.2 Å². The summed E-state index contributed by atoms with van der Waals surface area (Å²) < 4.78 is 6.08. The van der Waals surface area contributed by atoms with E-state index in [1.807, 2.05) is 25.2 Å². The van der Waals surface area contributed by atoms with E-state index in [-0.39, 0.29) is 29.9 Å². The van der Waals surface area contributed by atoms with Crippen molar-refractivity contribution in [1.29, 1.82) is 0 Å². The van der Waals surface area contributed by atoms with Crippen molar-refractivity contribution in [3.8, 4) is 0 Å². The van der Waals surface area contributed by atoms with Gasteiger partial charge in [0.05, 0.1) is 6.10 Å². The molecule has 0 bridgehead atoms. The zero-order valence-electron chi connectivity index (χ0n) is 17.4. The Kier molecular flexibility index (Phi) is 7.42. The average Bonchev–Trinajstić information content (AvgIpc) is 3.39. The number of aliphatic imine (C=N–C) groups is 1. The molecule has 7 heteroatoms. The van der Waals surface area contributed by atoms with Gasteiger partial charge in [0.25, 0.3) is 5.91 Å². The Morgan fingerprint density at radius 2 is 2.10 bits per heavy atom. The summed E-state index contributed by atoms with van der Waals surface area (Å²) in [5.74, 6) is 1.46. The number of fused-ring (bicyclic) bond motifs is 2. The lowest BCUT2D eigenvalue weighted by molar-refractivity contribution is -0.125. The van der Waals surface area contributed by atoms with Gasteiger partial charge in [0.2, 0.25) is 0 Å². The zero-order chi connectivity index (χ0) is 19.6. The highest BCUT2D eigenvalue weighted by Crippen LogP contribution is 2.60. The number of halogens is 1. The van der Waals surface area contributed by atoms with Crippen molar-refractivity contribution in [2.24, 2.45) is 16.3 Å². The number of benzene rings is 1. The second kappa shape index (κ2) is 9.64. The zero-order valence-corrected chi connectivity index (χ0v) is 19.7. The van der Waals surface area contributed by atoms with Gasteiger partial charge in [0, 0.05) is 50.2 Å².